The maximum absolute atomic E-state index is 5.44. The van der Waals surface area contributed by atoms with Crippen molar-refractivity contribution in [3.05, 3.63) is 0 Å². The van der Waals surface area contributed by atoms with E-state index in [4.69, 9.17) is 10.6 Å². The molecule has 0 saturated carbocycles. The third-order valence-corrected chi connectivity index (χ3v) is 1.89. The van der Waals surface area contributed by atoms with Crippen LogP contribution in [0.25, 0.3) is 0 Å². The van der Waals surface area contributed by atoms with Crippen molar-refractivity contribution >= 4 is 5.96 Å². The number of nitrogens with two attached hydrogens (primary N) is 1. The first-order valence-electron chi connectivity index (χ1n) is 5.40. The molecule has 0 amide bonds. The minimum Gasteiger partial charge on any atom is -0.383 e. The SMILES string of the molecule is CCN=C(NN)N(CCOC)CC(C)C. The second-order valence-electron chi connectivity index (χ2n) is 3.77. The van der Waals surface area contributed by atoms with E-state index in [0.717, 1.165) is 25.6 Å². The Morgan fingerprint density at radius 3 is 2.60 bits per heavy atom. The normalized spacial score (nSPS) is 12.0. The largest absolute Gasteiger partial charge is 0.383 e. The zero-order chi connectivity index (χ0) is 11.7. The molecule has 0 bridgehead atoms. The van der Waals surface area contributed by atoms with E-state index in [0.29, 0.717) is 12.5 Å². The van der Waals surface area contributed by atoms with Crippen LogP contribution in [0.4, 0.5) is 0 Å². The van der Waals surface area contributed by atoms with E-state index >= 15 is 0 Å². The van der Waals surface area contributed by atoms with E-state index in [9.17, 15) is 0 Å². The lowest BCUT2D eigenvalue weighted by molar-refractivity contribution is 0.170. The monoisotopic (exact) mass is 216 g/mol. The second-order valence-corrected chi connectivity index (χ2v) is 3.77. The average Bonchev–Trinajstić information content (AvgIpc) is 2.20. The van der Waals surface area contributed by atoms with Crippen molar-refractivity contribution in [1.82, 2.24) is 10.3 Å². The molecule has 0 heterocycles. The van der Waals surface area contributed by atoms with Crippen molar-refractivity contribution in [3.63, 3.8) is 0 Å². The number of rotatable bonds is 6. The molecule has 90 valence electrons. The minimum absolute atomic E-state index is 0.567. The van der Waals surface area contributed by atoms with Crippen LogP contribution >= 0.6 is 0 Å². The smallest absolute Gasteiger partial charge is 0.208 e. The molecule has 0 atom stereocenters. The van der Waals surface area contributed by atoms with Crippen LogP contribution in [0.5, 0.6) is 0 Å². The molecule has 0 aliphatic heterocycles. The molecule has 0 radical (unpaired) electrons. The van der Waals surface area contributed by atoms with Gasteiger partial charge in [-0.25, -0.2) is 5.84 Å². The van der Waals surface area contributed by atoms with Gasteiger partial charge in [0.05, 0.1) is 6.61 Å². The predicted molar refractivity (Wildman–Crippen MR) is 63.6 cm³/mol. The molecule has 0 rings (SSSR count). The van der Waals surface area contributed by atoms with Crippen LogP contribution in [0.2, 0.25) is 0 Å². The van der Waals surface area contributed by atoms with E-state index in [-0.39, 0.29) is 0 Å². The highest BCUT2D eigenvalue weighted by Gasteiger charge is 2.11. The Balaban J connectivity index is 4.36. The molecule has 0 aromatic rings. The van der Waals surface area contributed by atoms with Crippen molar-refractivity contribution < 1.29 is 4.74 Å². The van der Waals surface area contributed by atoms with E-state index in [1.807, 2.05) is 6.92 Å². The number of hydrogen-bond acceptors (Lipinski definition) is 3. The van der Waals surface area contributed by atoms with Crippen LogP contribution in [0.15, 0.2) is 4.99 Å². The van der Waals surface area contributed by atoms with Crippen molar-refractivity contribution in [2.75, 3.05) is 33.4 Å². The Morgan fingerprint density at radius 1 is 1.53 bits per heavy atom. The molecule has 5 heteroatoms. The molecule has 0 aromatic carbocycles. The van der Waals surface area contributed by atoms with Crippen molar-refractivity contribution in [3.8, 4) is 0 Å². The molecule has 15 heavy (non-hydrogen) atoms. The van der Waals surface area contributed by atoms with Gasteiger partial charge < -0.3 is 9.64 Å². The first kappa shape index (κ1) is 14.2. The Morgan fingerprint density at radius 2 is 2.20 bits per heavy atom. The summed E-state index contributed by atoms with van der Waals surface area (Å²) in [5, 5.41) is 0. The number of hydrogen-bond donors (Lipinski definition) is 2. The Hall–Kier alpha value is -0.810. The highest BCUT2D eigenvalue weighted by molar-refractivity contribution is 5.79. The Labute approximate surface area is 92.7 Å². The van der Waals surface area contributed by atoms with Gasteiger partial charge in [-0.2, -0.15) is 0 Å². The molecule has 3 N–H and O–H groups in total. The summed E-state index contributed by atoms with van der Waals surface area (Å²) >= 11 is 0. The number of nitrogens with one attached hydrogen (secondary N) is 1. The molecule has 5 nitrogen and oxygen atoms in total. The summed E-state index contributed by atoms with van der Waals surface area (Å²) in [5.74, 6) is 6.75. The van der Waals surface area contributed by atoms with Gasteiger partial charge in [0.2, 0.25) is 5.96 Å². The van der Waals surface area contributed by atoms with Crippen molar-refractivity contribution in [2.24, 2.45) is 16.8 Å². The molecular formula is C10H24N4O. The average molecular weight is 216 g/mol. The Kier molecular flexibility index (Phi) is 8.04. The summed E-state index contributed by atoms with van der Waals surface area (Å²) < 4.78 is 5.06. The molecule has 0 aromatic heterocycles. The van der Waals surface area contributed by atoms with E-state index in [2.05, 4.69) is 29.2 Å². The van der Waals surface area contributed by atoms with Gasteiger partial charge in [-0.1, -0.05) is 13.8 Å². The van der Waals surface area contributed by atoms with Crippen molar-refractivity contribution in [1.29, 1.82) is 0 Å². The molecule has 0 aliphatic rings. The van der Waals surface area contributed by atoms with Gasteiger partial charge in [0.25, 0.3) is 0 Å². The van der Waals surface area contributed by atoms with Gasteiger partial charge >= 0.3 is 0 Å². The van der Waals surface area contributed by atoms with Crippen LogP contribution in [-0.2, 0) is 4.74 Å². The van der Waals surface area contributed by atoms with E-state index < -0.39 is 0 Å². The highest BCUT2D eigenvalue weighted by Crippen LogP contribution is 1.99. The number of methoxy groups -OCH3 is 1. The third kappa shape index (κ3) is 6.30. The molecular weight excluding hydrogens is 192 g/mol. The summed E-state index contributed by atoms with van der Waals surface area (Å²) in [7, 11) is 1.69. The van der Waals surface area contributed by atoms with Crippen LogP contribution < -0.4 is 11.3 Å². The zero-order valence-corrected chi connectivity index (χ0v) is 10.3. The van der Waals surface area contributed by atoms with Crippen LogP contribution in [0.1, 0.15) is 20.8 Å². The quantitative estimate of drug-likeness (QED) is 0.292. The number of hydrazine groups is 1. The standard InChI is InChI=1S/C10H24N4O/c1-5-12-10(13-11)14(6-7-15-4)8-9(2)3/h9H,5-8,11H2,1-4H3,(H,12,13). The third-order valence-electron chi connectivity index (χ3n) is 1.89. The predicted octanol–water partition coefficient (Wildman–Crippen LogP) is 0.430. The minimum atomic E-state index is 0.567. The molecule has 0 spiro atoms. The molecule has 0 fully saturated rings. The van der Waals surface area contributed by atoms with Gasteiger partial charge in [0.15, 0.2) is 0 Å². The van der Waals surface area contributed by atoms with Crippen LogP contribution in [0.3, 0.4) is 0 Å². The number of aliphatic imine (C=N–C) groups is 1. The second kappa shape index (κ2) is 8.49. The van der Waals surface area contributed by atoms with E-state index in [1.54, 1.807) is 7.11 Å². The fourth-order valence-electron chi connectivity index (χ4n) is 1.31. The lowest BCUT2D eigenvalue weighted by Gasteiger charge is -2.26. The summed E-state index contributed by atoms with van der Waals surface area (Å²) in [4.78, 5) is 6.41. The lowest BCUT2D eigenvalue weighted by atomic mass is 10.2. The van der Waals surface area contributed by atoms with Crippen LogP contribution in [-0.4, -0.2) is 44.2 Å². The Bertz CT molecular complexity index is 182. The lowest BCUT2D eigenvalue weighted by Crippen LogP contribution is -2.47. The van der Waals surface area contributed by atoms with Gasteiger partial charge in [-0.15, -0.1) is 0 Å². The van der Waals surface area contributed by atoms with Crippen molar-refractivity contribution in [2.45, 2.75) is 20.8 Å². The van der Waals surface area contributed by atoms with E-state index in [1.165, 1.54) is 0 Å². The number of guanidine groups is 1. The van der Waals surface area contributed by atoms with Gasteiger partial charge in [0, 0.05) is 26.7 Å². The maximum atomic E-state index is 5.44. The molecule has 0 aliphatic carbocycles. The zero-order valence-electron chi connectivity index (χ0n) is 10.3. The summed E-state index contributed by atoms with van der Waals surface area (Å²) in [6.45, 7) is 9.45. The number of ether oxygens (including phenoxy) is 1. The van der Waals surface area contributed by atoms with Gasteiger partial charge in [-0.3, -0.25) is 10.4 Å². The topological polar surface area (TPSA) is 62.9 Å². The first-order chi connectivity index (χ1) is 7.15. The molecule has 0 unspecified atom stereocenters. The fourth-order valence-corrected chi connectivity index (χ4v) is 1.31. The van der Waals surface area contributed by atoms with Gasteiger partial charge in [0.1, 0.15) is 0 Å². The summed E-state index contributed by atoms with van der Waals surface area (Å²) in [5.41, 5.74) is 2.64. The van der Waals surface area contributed by atoms with Crippen LogP contribution in [0, 0.1) is 5.92 Å². The number of nitrogens with zero attached hydrogens (tertiary/aromatic N) is 2. The fraction of sp³-hybridized carbons (Fsp3) is 0.900. The first-order valence-corrected chi connectivity index (χ1v) is 5.40. The maximum Gasteiger partial charge on any atom is 0.208 e. The molecule has 0 saturated heterocycles. The summed E-state index contributed by atoms with van der Waals surface area (Å²) in [6, 6.07) is 0. The summed E-state index contributed by atoms with van der Waals surface area (Å²) in [6.07, 6.45) is 0. The van der Waals surface area contributed by atoms with Gasteiger partial charge in [-0.05, 0) is 12.8 Å². The highest BCUT2D eigenvalue weighted by atomic mass is 16.5.